The molecule has 1 atom stereocenters. The van der Waals surface area contributed by atoms with Crippen LogP contribution in [0.1, 0.15) is 41.7 Å². The molecule has 0 saturated carbocycles. The summed E-state index contributed by atoms with van der Waals surface area (Å²) in [4.78, 5) is 14.5. The lowest BCUT2D eigenvalue weighted by atomic mass is 10.1. The topological polar surface area (TPSA) is 64.2 Å². The van der Waals surface area contributed by atoms with Crippen molar-refractivity contribution < 1.29 is 9.32 Å². The van der Waals surface area contributed by atoms with Gasteiger partial charge >= 0.3 is 0 Å². The van der Waals surface area contributed by atoms with E-state index in [1.165, 1.54) is 0 Å². The Morgan fingerprint density at radius 2 is 2.23 bits per heavy atom. The Hall–Kier alpha value is -1.82. The highest BCUT2D eigenvalue weighted by Gasteiger charge is 2.33. The zero-order valence-electron chi connectivity index (χ0n) is 13.0. The molecular weight excluding hydrogens is 304 g/mol. The Morgan fingerprint density at radius 3 is 2.82 bits per heavy atom. The predicted octanol–water partition coefficient (Wildman–Crippen LogP) is 2.81. The van der Waals surface area contributed by atoms with E-state index in [0.717, 1.165) is 42.2 Å². The molecule has 3 heterocycles. The zero-order valence-corrected chi connectivity index (χ0v) is 13.7. The summed E-state index contributed by atoms with van der Waals surface area (Å²) >= 11 is 6.14. The van der Waals surface area contributed by atoms with Gasteiger partial charge in [0.05, 0.1) is 28.1 Å². The van der Waals surface area contributed by atoms with Crippen LogP contribution in [0.5, 0.6) is 0 Å². The van der Waals surface area contributed by atoms with Gasteiger partial charge in [0.15, 0.2) is 5.76 Å². The minimum atomic E-state index is -0.0267. The highest BCUT2D eigenvalue weighted by molar-refractivity contribution is 6.31. The minimum absolute atomic E-state index is 0.0267. The van der Waals surface area contributed by atoms with Crippen LogP contribution >= 0.6 is 11.6 Å². The molecule has 7 heteroatoms. The molecule has 1 unspecified atom stereocenters. The van der Waals surface area contributed by atoms with Gasteiger partial charge in [-0.3, -0.25) is 9.48 Å². The summed E-state index contributed by atoms with van der Waals surface area (Å²) in [5, 5.41) is 8.87. The molecule has 22 heavy (non-hydrogen) atoms. The second-order valence-corrected chi connectivity index (χ2v) is 6.14. The van der Waals surface area contributed by atoms with Gasteiger partial charge in [-0.2, -0.15) is 5.10 Å². The molecule has 0 aliphatic carbocycles. The van der Waals surface area contributed by atoms with Gasteiger partial charge in [-0.05, 0) is 33.6 Å². The summed E-state index contributed by atoms with van der Waals surface area (Å²) in [6.45, 7) is 6.52. The quantitative estimate of drug-likeness (QED) is 0.871. The van der Waals surface area contributed by atoms with E-state index in [2.05, 4.69) is 10.3 Å². The van der Waals surface area contributed by atoms with Crippen molar-refractivity contribution >= 4 is 17.5 Å². The highest BCUT2D eigenvalue weighted by Crippen LogP contribution is 2.32. The molecule has 6 nitrogen and oxygen atoms in total. The SMILES string of the molecule is Cc1cc(C2CCCN2C(=O)Cn2nc(C)c(Cl)c2C)on1. The molecule has 3 rings (SSSR count). The Balaban J connectivity index is 1.77. The van der Waals surface area contributed by atoms with Gasteiger partial charge in [0, 0.05) is 12.6 Å². The highest BCUT2D eigenvalue weighted by atomic mass is 35.5. The first kappa shape index (κ1) is 15.1. The lowest BCUT2D eigenvalue weighted by molar-refractivity contribution is -0.133. The fraction of sp³-hybridized carbons (Fsp3) is 0.533. The van der Waals surface area contributed by atoms with E-state index in [1.807, 2.05) is 31.7 Å². The van der Waals surface area contributed by atoms with Crippen LogP contribution in [0.3, 0.4) is 0 Å². The maximum absolute atomic E-state index is 12.6. The Bertz CT molecular complexity index is 706. The number of carbonyl (C=O) groups is 1. The molecule has 2 aromatic heterocycles. The normalized spacial score (nSPS) is 18.2. The van der Waals surface area contributed by atoms with Gasteiger partial charge in [-0.15, -0.1) is 0 Å². The molecule has 0 aromatic carbocycles. The van der Waals surface area contributed by atoms with Crippen molar-refractivity contribution in [3.63, 3.8) is 0 Å². The van der Waals surface area contributed by atoms with Gasteiger partial charge in [0.2, 0.25) is 5.91 Å². The van der Waals surface area contributed by atoms with Crippen molar-refractivity contribution in [3.8, 4) is 0 Å². The molecule has 1 amide bonds. The van der Waals surface area contributed by atoms with Crippen molar-refractivity contribution in [1.29, 1.82) is 0 Å². The summed E-state index contributed by atoms with van der Waals surface area (Å²) in [7, 11) is 0. The maximum Gasteiger partial charge on any atom is 0.244 e. The molecule has 0 radical (unpaired) electrons. The minimum Gasteiger partial charge on any atom is -0.359 e. The number of amides is 1. The van der Waals surface area contributed by atoms with E-state index in [1.54, 1.807) is 4.68 Å². The number of rotatable bonds is 3. The van der Waals surface area contributed by atoms with E-state index >= 15 is 0 Å². The number of hydrogen-bond donors (Lipinski definition) is 0. The van der Waals surface area contributed by atoms with Crippen molar-refractivity contribution in [2.45, 2.75) is 46.2 Å². The van der Waals surface area contributed by atoms with Crippen LogP contribution < -0.4 is 0 Å². The van der Waals surface area contributed by atoms with E-state index in [9.17, 15) is 4.79 Å². The second-order valence-electron chi connectivity index (χ2n) is 5.76. The molecule has 1 fully saturated rings. The summed E-state index contributed by atoms with van der Waals surface area (Å²) in [5.74, 6) is 0.786. The largest absolute Gasteiger partial charge is 0.359 e. The smallest absolute Gasteiger partial charge is 0.244 e. The maximum atomic E-state index is 12.6. The van der Waals surface area contributed by atoms with Gasteiger partial charge < -0.3 is 9.42 Å². The average molecular weight is 323 g/mol. The van der Waals surface area contributed by atoms with Crippen LogP contribution in [0.4, 0.5) is 0 Å². The summed E-state index contributed by atoms with van der Waals surface area (Å²) in [6.07, 6.45) is 1.87. The molecule has 1 aliphatic rings. The summed E-state index contributed by atoms with van der Waals surface area (Å²) in [5.41, 5.74) is 2.40. The zero-order chi connectivity index (χ0) is 15.9. The number of aryl methyl sites for hydroxylation is 2. The van der Waals surface area contributed by atoms with Gasteiger partial charge in [0.1, 0.15) is 6.54 Å². The predicted molar refractivity (Wildman–Crippen MR) is 81.6 cm³/mol. The standard InChI is InChI=1S/C15H19ClN4O2/c1-9-7-13(22-18-9)12-5-4-6-19(12)14(21)8-20-11(3)15(16)10(2)17-20/h7,12H,4-6,8H2,1-3H3. The lowest BCUT2D eigenvalue weighted by Crippen LogP contribution is -2.33. The van der Waals surface area contributed by atoms with Crippen LogP contribution in [-0.2, 0) is 11.3 Å². The number of hydrogen-bond acceptors (Lipinski definition) is 4. The summed E-state index contributed by atoms with van der Waals surface area (Å²) < 4.78 is 7.01. The van der Waals surface area contributed by atoms with E-state index < -0.39 is 0 Å². The average Bonchev–Trinajstić information content (AvgIpc) is 3.16. The fourth-order valence-electron chi connectivity index (χ4n) is 2.95. The number of carbonyl (C=O) groups excluding carboxylic acids is 1. The number of nitrogens with zero attached hydrogens (tertiary/aromatic N) is 4. The third-order valence-electron chi connectivity index (χ3n) is 4.13. The molecule has 2 aromatic rings. The molecule has 1 saturated heterocycles. The molecule has 0 spiro atoms. The van der Waals surface area contributed by atoms with Crippen molar-refractivity contribution in [2.75, 3.05) is 6.54 Å². The van der Waals surface area contributed by atoms with Crippen LogP contribution in [0.2, 0.25) is 5.02 Å². The Labute approximate surface area is 134 Å². The summed E-state index contributed by atoms with van der Waals surface area (Å²) in [6, 6.07) is 1.87. The van der Waals surface area contributed by atoms with Crippen molar-refractivity contribution in [2.24, 2.45) is 0 Å². The molecule has 118 valence electrons. The van der Waals surface area contributed by atoms with Gasteiger partial charge in [-0.1, -0.05) is 16.8 Å². The first-order valence-corrected chi connectivity index (χ1v) is 7.77. The van der Waals surface area contributed by atoms with Crippen molar-refractivity contribution in [1.82, 2.24) is 19.8 Å². The van der Waals surface area contributed by atoms with Gasteiger partial charge in [-0.25, -0.2) is 0 Å². The third kappa shape index (κ3) is 2.63. The van der Waals surface area contributed by atoms with E-state index in [-0.39, 0.29) is 18.5 Å². The van der Waals surface area contributed by atoms with Crippen LogP contribution in [0, 0.1) is 20.8 Å². The first-order chi connectivity index (χ1) is 10.5. The van der Waals surface area contributed by atoms with E-state index in [0.29, 0.717) is 5.02 Å². The molecule has 0 bridgehead atoms. The Kier molecular flexibility index (Phi) is 3.95. The third-order valence-corrected chi connectivity index (χ3v) is 4.67. The monoisotopic (exact) mass is 322 g/mol. The number of halogens is 1. The Morgan fingerprint density at radius 1 is 1.45 bits per heavy atom. The molecule has 1 aliphatic heterocycles. The first-order valence-electron chi connectivity index (χ1n) is 7.39. The van der Waals surface area contributed by atoms with Crippen molar-refractivity contribution in [3.05, 3.63) is 33.9 Å². The van der Waals surface area contributed by atoms with Crippen LogP contribution in [-0.4, -0.2) is 32.3 Å². The fourth-order valence-corrected chi connectivity index (χ4v) is 3.08. The molecular formula is C15H19ClN4O2. The number of likely N-dealkylation sites (tertiary alicyclic amines) is 1. The second kappa shape index (κ2) is 5.76. The van der Waals surface area contributed by atoms with Gasteiger partial charge in [0.25, 0.3) is 0 Å². The van der Waals surface area contributed by atoms with Crippen LogP contribution in [0.25, 0.3) is 0 Å². The number of aromatic nitrogens is 3. The molecule has 0 N–H and O–H groups in total. The van der Waals surface area contributed by atoms with E-state index in [4.69, 9.17) is 16.1 Å². The lowest BCUT2D eigenvalue weighted by Gasteiger charge is -2.22. The van der Waals surface area contributed by atoms with Crippen LogP contribution in [0.15, 0.2) is 10.6 Å².